The van der Waals surface area contributed by atoms with Gasteiger partial charge in [0.15, 0.2) is 0 Å². The van der Waals surface area contributed by atoms with Crippen LogP contribution in [0.5, 0.6) is 0 Å². The van der Waals surface area contributed by atoms with Gasteiger partial charge in [-0.2, -0.15) is 5.10 Å². The highest BCUT2D eigenvalue weighted by molar-refractivity contribution is 9.10. The van der Waals surface area contributed by atoms with E-state index < -0.39 is 0 Å². The van der Waals surface area contributed by atoms with E-state index in [1.54, 1.807) is 10.9 Å². The van der Waals surface area contributed by atoms with Gasteiger partial charge < -0.3 is 11.5 Å². The topological polar surface area (TPSA) is 69.9 Å². The van der Waals surface area contributed by atoms with Crippen LogP contribution in [-0.2, 0) is 13.1 Å². The molecule has 84 valence electrons. The Morgan fingerprint density at radius 2 is 2.00 bits per heavy atom. The van der Waals surface area contributed by atoms with Crippen molar-refractivity contribution in [2.24, 2.45) is 5.73 Å². The Balaban J connectivity index is 2.27. The highest BCUT2D eigenvalue weighted by Crippen LogP contribution is 2.19. The Morgan fingerprint density at radius 3 is 2.62 bits per heavy atom. The van der Waals surface area contributed by atoms with Crippen molar-refractivity contribution < 1.29 is 0 Å². The molecule has 0 fully saturated rings. The molecule has 0 aliphatic rings. The summed E-state index contributed by atoms with van der Waals surface area (Å²) in [6.45, 7) is 1.06. The number of rotatable bonds is 3. The Hall–Kier alpha value is -1.33. The summed E-state index contributed by atoms with van der Waals surface area (Å²) >= 11 is 3.50. The summed E-state index contributed by atoms with van der Waals surface area (Å²) in [5.41, 5.74) is 13.5. The average Bonchev–Trinajstić information content (AvgIpc) is 2.63. The molecule has 1 aromatic carbocycles. The van der Waals surface area contributed by atoms with Gasteiger partial charge in [-0.1, -0.05) is 34.1 Å². The summed E-state index contributed by atoms with van der Waals surface area (Å²) in [5, 5.41) is 4.21. The van der Waals surface area contributed by atoms with Crippen LogP contribution in [0.15, 0.2) is 34.9 Å². The number of nitrogen functional groups attached to an aromatic ring is 1. The van der Waals surface area contributed by atoms with Crippen molar-refractivity contribution in [1.82, 2.24) is 9.78 Å². The molecule has 0 unspecified atom stereocenters. The first-order valence-corrected chi connectivity index (χ1v) is 5.75. The molecule has 0 saturated carbocycles. The number of halogens is 1. The zero-order chi connectivity index (χ0) is 11.5. The van der Waals surface area contributed by atoms with Gasteiger partial charge >= 0.3 is 0 Å². The molecule has 2 rings (SSSR count). The lowest BCUT2D eigenvalue weighted by atomic mass is 10.2. The number of nitrogens with zero attached hydrogens (tertiary/aromatic N) is 2. The van der Waals surface area contributed by atoms with Crippen LogP contribution >= 0.6 is 15.9 Å². The minimum absolute atomic E-state index is 0.418. The van der Waals surface area contributed by atoms with Gasteiger partial charge in [-0.25, -0.2) is 4.68 Å². The molecule has 16 heavy (non-hydrogen) atoms. The lowest BCUT2D eigenvalue weighted by Gasteiger charge is -2.06. The van der Waals surface area contributed by atoms with Crippen LogP contribution in [0.4, 0.5) is 5.82 Å². The first-order valence-electron chi connectivity index (χ1n) is 4.96. The molecule has 1 heterocycles. The lowest BCUT2D eigenvalue weighted by molar-refractivity contribution is 0.695. The van der Waals surface area contributed by atoms with E-state index in [1.807, 2.05) is 24.3 Å². The third kappa shape index (κ3) is 2.10. The van der Waals surface area contributed by atoms with E-state index in [0.717, 1.165) is 15.6 Å². The van der Waals surface area contributed by atoms with Gasteiger partial charge in [-0.3, -0.25) is 0 Å². The van der Waals surface area contributed by atoms with Crippen LogP contribution in [0, 0.1) is 0 Å². The maximum absolute atomic E-state index is 5.92. The molecule has 0 saturated heterocycles. The van der Waals surface area contributed by atoms with E-state index in [4.69, 9.17) is 11.5 Å². The fourth-order valence-electron chi connectivity index (χ4n) is 1.50. The maximum Gasteiger partial charge on any atom is 0.126 e. The molecule has 4 nitrogen and oxygen atoms in total. The van der Waals surface area contributed by atoms with Crippen LogP contribution in [0.1, 0.15) is 11.1 Å². The summed E-state index contributed by atoms with van der Waals surface area (Å²) in [4.78, 5) is 0. The molecule has 0 aliphatic carbocycles. The Labute approximate surface area is 102 Å². The molecule has 0 amide bonds. The van der Waals surface area contributed by atoms with Crippen molar-refractivity contribution in [2.45, 2.75) is 13.1 Å². The molecular formula is C11H13BrN4. The number of hydrogen-bond donors (Lipinski definition) is 2. The normalized spacial score (nSPS) is 10.6. The SMILES string of the molecule is NCc1cnn(Cc2ccccc2Br)c1N. The molecule has 0 radical (unpaired) electrons. The first kappa shape index (κ1) is 11.2. The largest absolute Gasteiger partial charge is 0.384 e. The molecule has 4 N–H and O–H groups in total. The van der Waals surface area contributed by atoms with Crippen molar-refractivity contribution in [1.29, 1.82) is 0 Å². The molecular weight excluding hydrogens is 268 g/mol. The molecule has 0 bridgehead atoms. The van der Waals surface area contributed by atoms with Crippen LogP contribution in [0.3, 0.4) is 0 Å². The second-order valence-electron chi connectivity index (χ2n) is 3.51. The van der Waals surface area contributed by atoms with Gasteiger partial charge in [0.1, 0.15) is 5.82 Å². The van der Waals surface area contributed by atoms with Gasteiger partial charge in [0.05, 0.1) is 12.7 Å². The second kappa shape index (κ2) is 4.67. The predicted molar refractivity (Wildman–Crippen MR) is 67.8 cm³/mol. The molecule has 0 atom stereocenters. The van der Waals surface area contributed by atoms with E-state index in [-0.39, 0.29) is 0 Å². The van der Waals surface area contributed by atoms with Crippen LogP contribution in [0.25, 0.3) is 0 Å². The van der Waals surface area contributed by atoms with Crippen molar-refractivity contribution in [2.75, 3.05) is 5.73 Å². The Bertz CT molecular complexity index is 492. The third-order valence-corrected chi connectivity index (χ3v) is 3.23. The fourth-order valence-corrected chi connectivity index (χ4v) is 1.91. The van der Waals surface area contributed by atoms with Crippen LogP contribution in [0.2, 0.25) is 0 Å². The molecule has 5 heteroatoms. The number of nitrogens with two attached hydrogens (primary N) is 2. The number of hydrogen-bond acceptors (Lipinski definition) is 3. The van der Waals surface area contributed by atoms with Gasteiger partial charge in [0.2, 0.25) is 0 Å². The van der Waals surface area contributed by atoms with E-state index in [1.165, 1.54) is 0 Å². The highest BCUT2D eigenvalue weighted by atomic mass is 79.9. The Morgan fingerprint density at radius 1 is 1.25 bits per heavy atom. The average molecular weight is 281 g/mol. The zero-order valence-corrected chi connectivity index (χ0v) is 10.3. The quantitative estimate of drug-likeness (QED) is 0.900. The highest BCUT2D eigenvalue weighted by Gasteiger charge is 2.07. The number of aromatic nitrogens is 2. The van der Waals surface area contributed by atoms with Gasteiger partial charge in [0.25, 0.3) is 0 Å². The van der Waals surface area contributed by atoms with Crippen LogP contribution < -0.4 is 11.5 Å². The minimum atomic E-state index is 0.418. The summed E-state index contributed by atoms with van der Waals surface area (Å²) in [7, 11) is 0. The van der Waals surface area contributed by atoms with Crippen molar-refractivity contribution in [3.8, 4) is 0 Å². The standard InChI is InChI=1S/C11H13BrN4/c12-10-4-2-1-3-8(10)7-16-11(14)9(5-13)6-15-16/h1-4,6H,5,7,13-14H2. The molecule has 0 aliphatic heterocycles. The van der Waals surface area contributed by atoms with Crippen molar-refractivity contribution in [3.05, 3.63) is 46.1 Å². The second-order valence-corrected chi connectivity index (χ2v) is 4.36. The number of anilines is 1. The smallest absolute Gasteiger partial charge is 0.126 e. The molecule has 1 aromatic heterocycles. The maximum atomic E-state index is 5.92. The predicted octanol–water partition coefficient (Wildman–Crippen LogP) is 1.73. The van der Waals surface area contributed by atoms with E-state index in [0.29, 0.717) is 18.9 Å². The van der Waals surface area contributed by atoms with E-state index in [9.17, 15) is 0 Å². The third-order valence-electron chi connectivity index (χ3n) is 2.46. The summed E-state index contributed by atoms with van der Waals surface area (Å²) < 4.78 is 2.81. The Kier molecular flexibility index (Phi) is 3.26. The minimum Gasteiger partial charge on any atom is -0.384 e. The summed E-state index contributed by atoms with van der Waals surface area (Å²) in [6, 6.07) is 8.00. The van der Waals surface area contributed by atoms with Crippen LogP contribution in [-0.4, -0.2) is 9.78 Å². The monoisotopic (exact) mass is 280 g/mol. The summed E-state index contributed by atoms with van der Waals surface area (Å²) in [6.07, 6.45) is 1.71. The van der Waals surface area contributed by atoms with Gasteiger partial charge in [0, 0.05) is 16.6 Å². The van der Waals surface area contributed by atoms with E-state index >= 15 is 0 Å². The van der Waals surface area contributed by atoms with Gasteiger partial charge in [-0.15, -0.1) is 0 Å². The number of benzene rings is 1. The zero-order valence-electron chi connectivity index (χ0n) is 8.73. The van der Waals surface area contributed by atoms with Crippen molar-refractivity contribution >= 4 is 21.7 Å². The lowest BCUT2D eigenvalue weighted by Crippen LogP contribution is -2.08. The molecule has 0 spiro atoms. The fraction of sp³-hybridized carbons (Fsp3) is 0.182. The van der Waals surface area contributed by atoms with E-state index in [2.05, 4.69) is 21.0 Å². The first-order chi connectivity index (χ1) is 7.72. The summed E-state index contributed by atoms with van der Waals surface area (Å²) in [5.74, 6) is 0.637. The van der Waals surface area contributed by atoms with Gasteiger partial charge in [-0.05, 0) is 11.6 Å². The van der Waals surface area contributed by atoms with Crippen molar-refractivity contribution in [3.63, 3.8) is 0 Å². The molecule has 2 aromatic rings.